The van der Waals surface area contributed by atoms with Gasteiger partial charge >= 0.3 is 6.18 Å². The Labute approximate surface area is 108 Å². The van der Waals surface area contributed by atoms with Crippen molar-refractivity contribution in [3.63, 3.8) is 0 Å². The molecule has 1 aromatic heterocycles. The highest BCUT2D eigenvalue weighted by Gasteiger charge is 2.30. The van der Waals surface area contributed by atoms with Crippen molar-refractivity contribution in [1.82, 2.24) is 9.55 Å². The number of nitrogens with zero attached hydrogens (tertiary/aromatic N) is 2. The van der Waals surface area contributed by atoms with E-state index in [4.69, 9.17) is 10.5 Å². The topological polar surface area (TPSA) is 53.1 Å². The van der Waals surface area contributed by atoms with Gasteiger partial charge in [-0.25, -0.2) is 4.98 Å². The maximum Gasteiger partial charge on any atom is 0.406 e. The molecule has 2 N–H and O–H groups in total. The van der Waals surface area contributed by atoms with Crippen LogP contribution in [0.2, 0.25) is 0 Å². The Balaban J connectivity index is 2.52. The van der Waals surface area contributed by atoms with Crippen molar-refractivity contribution in [2.75, 3.05) is 5.73 Å². The Bertz CT molecular complexity index is 590. The number of imidazole rings is 1. The first-order valence-electron chi connectivity index (χ1n) is 5.76. The number of nitrogen functional groups attached to an aromatic ring is 1. The van der Waals surface area contributed by atoms with E-state index in [9.17, 15) is 13.2 Å². The molecule has 0 unspecified atom stereocenters. The molecule has 4 nitrogen and oxygen atoms in total. The predicted octanol–water partition coefficient (Wildman–Crippen LogP) is 2.97. The molecule has 0 spiro atoms. The third-order valence-electron chi connectivity index (χ3n) is 2.47. The van der Waals surface area contributed by atoms with E-state index in [0.717, 1.165) is 4.57 Å². The molecule has 1 heterocycles. The van der Waals surface area contributed by atoms with E-state index in [1.54, 1.807) is 12.1 Å². The number of anilines is 1. The van der Waals surface area contributed by atoms with Gasteiger partial charge in [0.1, 0.15) is 17.8 Å². The SMILES string of the molecule is CC(C)Oc1cccc2c1nc(N)n2CC(F)(F)F. The van der Waals surface area contributed by atoms with Gasteiger partial charge in [-0.05, 0) is 26.0 Å². The van der Waals surface area contributed by atoms with Crippen LogP contribution in [0.1, 0.15) is 13.8 Å². The van der Waals surface area contributed by atoms with Crippen LogP contribution in [0.3, 0.4) is 0 Å². The fourth-order valence-electron chi connectivity index (χ4n) is 1.83. The zero-order valence-corrected chi connectivity index (χ0v) is 10.5. The van der Waals surface area contributed by atoms with Crippen molar-refractivity contribution >= 4 is 17.0 Å². The average Bonchev–Trinajstić information content (AvgIpc) is 2.55. The summed E-state index contributed by atoms with van der Waals surface area (Å²) in [7, 11) is 0. The van der Waals surface area contributed by atoms with Gasteiger partial charge in [-0.2, -0.15) is 13.2 Å². The summed E-state index contributed by atoms with van der Waals surface area (Å²) >= 11 is 0. The Hall–Kier alpha value is -1.92. The second-order valence-electron chi connectivity index (χ2n) is 4.46. The van der Waals surface area contributed by atoms with Crippen LogP contribution < -0.4 is 10.5 Å². The summed E-state index contributed by atoms with van der Waals surface area (Å²) in [4.78, 5) is 3.97. The first kappa shape index (κ1) is 13.5. The zero-order valence-electron chi connectivity index (χ0n) is 10.5. The molecule has 104 valence electrons. The first-order chi connectivity index (χ1) is 8.78. The molecule has 0 saturated heterocycles. The standard InChI is InChI=1S/C12H14F3N3O/c1-7(2)19-9-5-3-4-8-10(9)17-11(16)18(8)6-12(13,14)15/h3-5,7H,6H2,1-2H3,(H2,16,17). The smallest absolute Gasteiger partial charge is 0.406 e. The summed E-state index contributed by atoms with van der Waals surface area (Å²) in [5.74, 6) is 0.257. The number of halogens is 3. The molecule has 0 radical (unpaired) electrons. The number of hydrogen-bond donors (Lipinski definition) is 1. The Morgan fingerprint density at radius 3 is 2.63 bits per heavy atom. The van der Waals surface area contributed by atoms with Crippen LogP contribution in [0.5, 0.6) is 5.75 Å². The molecule has 1 aromatic carbocycles. The van der Waals surface area contributed by atoms with Gasteiger partial charge in [-0.1, -0.05) is 6.07 Å². The van der Waals surface area contributed by atoms with Crippen LogP contribution in [0.25, 0.3) is 11.0 Å². The minimum atomic E-state index is -4.35. The molecule has 0 saturated carbocycles. The van der Waals surface area contributed by atoms with Crippen molar-refractivity contribution in [3.8, 4) is 5.75 Å². The Kier molecular flexibility index (Phi) is 3.30. The number of hydrogen-bond acceptors (Lipinski definition) is 3. The van der Waals surface area contributed by atoms with Crippen LogP contribution in [0.4, 0.5) is 19.1 Å². The second kappa shape index (κ2) is 4.64. The lowest BCUT2D eigenvalue weighted by molar-refractivity contribution is -0.139. The molecule has 0 aliphatic heterocycles. The van der Waals surface area contributed by atoms with E-state index >= 15 is 0 Å². The molecule has 0 aliphatic carbocycles. The number of fused-ring (bicyclic) bond motifs is 1. The summed E-state index contributed by atoms with van der Waals surface area (Å²) in [6.45, 7) is 2.49. The molecule has 0 aliphatic rings. The van der Waals surface area contributed by atoms with Crippen LogP contribution in [0.15, 0.2) is 18.2 Å². The molecule has 2 aromatic rings. The average molecular weight is 273 g/mol. The van der Waals surface area contributed by atoms with Gasteiger partial charge in [0.15, 0.2) is 0 Å². The van der Waals surface area contributed by atoms with E-state index in [-0.39, 0.29) is 12.1 Å². The van der Waals surface area contributed by atoms with Crippen LogP contribution in [-0.2, 0) is 6.54 Å². The third kappa shape index (κ3) is 2.91. The summed E-state index contributed by atoms with van der Waals surface area (Å²) < 4.78 is 44.0. The summed E-state index contributed by atoms with van der Waals surface area (Å²) in [6.07, 6.45) is -4.45. The quantitative estimate of drug-likeness (QED) is 0.935. The van der Waals surface area contributed by atoms with Crippen molar-refractivity contribution < 1.29 is 17.9 Å². The fraction of sp³-hybridized carbons (Fsp3) is 0.417. The van der Waals surface area contributed by atoms with Gasteiger partial charge in [0.05, 0.1) is 11.6 Å². The van der Waals surface area contributed by atoms with Gasteiger partial charge in [0.25, 0.3) is 0 Å². The fourth-order valence-corrected chi connectivity index (χ4v) is 1.83. The van der Waals surface area contributed by atoms with Crippen molar-refractivity contribution in [2.24, 2.45) is 0 Å². The minimum absolute atomic E-state index is 0.0976. The van der Waals surface area contributed by atoms with Crippen LogP contribution in [0, 0.1) is 0 Å². The second-order valence-corrected chi connectivity index (χ2v) is 4.46. The van der Waals surface area contributed by atoms with E-state index in [1.165, 1.54) is 6.07 Å². The highest BCUT2D eigenvalue weighted by molar-refractivity contribution is 5.84. The summed E-state index contributed by atoms with van der Waals surface area (Å²) in [5.41, 5.74) is 6.21. The number of rotatable bonds is 3. The Morgan fingerprint density at radius 1 is 1.37 bits per heavy atom. The van der Waals surface area contributed by atoms with Gasteiger partial charge in [-0.3, -0.25) is 0 Å². The van der Waals surface area contributed by atoms with Crippen molar-refractivity contribution in [1.29, 1.82) is 0 Å². The van der Waals surface area contributed by atoms with E-state index in [0.29, 0.717) is 16.8 Å². The number of alkyl halides is 3. The van der Waals surface area contributed by atoms with E-state index < -0.39 is 12.7 Å². The monoisotopic (exact) mass is 273 g/mol. The van der Waals surface area contributed by atoms with Gasteiger partial charge in [-0.15, -0.1) is 0 Å². The van der Waals surface area contributed by atoms with Crippen molar-refractivity contribution in [3.05, 3.63) is 18.2 Å². The lowest BCUT2D eigenvalue weighted by Gasteiger charge is -2.11. The third-order valence-corrected chi connectivity index (χ3v) is 2.47. The van der Waals surface area contributed by atoms with Gasteiger partial charge in [0, 0.05) is 0 Å². The van der Waals surface area contributed by atoms with Gasteiger partial charge < -0.3 is 15.0 Å². The highest BCUT2D eigenvalue weighted by atomic mass is 19.4. The molecule has 0 bridgehead atoms. The number of nitrogens with two attached hydrogens (primary N) is 1. The molecule has 19 heavy (non-hydrogen) atoms. The molecule has 2 rings (SSSR count). The molecule has 0 fully saturated rings. The number of para-hydroxylation sites is 1. The van der Waals surface area contributed by atoms with Crippen molar-refractivity contribution in [2.45, 2.75) is 32.7 Å². The molecule has 0 amide bonds. The minimum Gasteiger partial charge on any atom is -0.489 e. The summed E-state index contributed by atoms with van der Waals surface area (Å²) in [6, 6.07) is 4.82. The highest BCUT2D eigenvalue weighted by Crippen LogP contribution is 2.30. The zero-order chi connectivity index (χ0) is 14.2. The predicted molar refractivity (Wildman–Crippen MR) is 66.0 cm³/mol. The molecule has 7 heteroatoms. The van der Waals surface area contributed by atoms with Crippen LogP contribution >= 0.6 is 0 Å². The molecular formula is C12H14F3N3O. The van der Waals surface area contributed by atoms with E-state index in [2.05, 4.69) is 4.98 Å². The molecular weight excluding hydrogens is 259 g/mol. The lowest BCUT2D eigenvalue weighted by atomic mass is 10.3. The van der Waals surface area contributed by atoms with E-state index in [1.807, 2.05) is 13.8 Å². The number of ether oxygens (including phenoxy) is 1. The number of aromatic nitrogens is 2. The maximum atomic E-state index is 12.5. The number of benzene rings is 1. The first-order valence-corrected chi connectivity index (χ1v) is 5.76. The van der Waals surface area contributed by atoms with Crippen LogP contribution in [-0.4, -0.2) is 21.8 Å². The largest absolute Gasteiger partial charge is 0.489 e. The summed E-state index contributed by atoms with van der Waals surface area (Å²) in [5, 5.41) is 0. The maximum absolute atomic E-state index is 12.5. The normalized spacial score (nSPS) is 12.3. The Morgan fingerprint density at radius 2 is 2.05 bits per heavy atom. The lowest BCUT2D eigenvalue weighted by Crippen LogP contribution is -2.19. The van der Waals surface area contributed by atoms with Gasteiger partial charge in [0.2, 0.25) is 5.95 Å². The molecule has 0 atom stereocenters.